The molecule has 1 aromatic carbocycles. The van der Waals surface area contributed by atoms with Crippen LogP contribution >= 0.6 is 11.8 Å². The summed E-state index contributed by atoms with van der Waals surface area (Å²) >= 11 is 1.25. The Morgan fingerprint density at radius 2 is 2.05 bits per heavy atom. The highest BCUT2D eigenvalue weighted by Crippen LogP contribution is 2.13. The molecule has 0 aromatic heterocycles. The van der Waals surface area contributed by atoms with Gasteiger partial charge in [-0.15, -0.1) is 11.8 Å². The van der Waals surface area contributed by atoms with Gasteiger partial charge in [-0.3, -0.25) is 4.79 Å². The van der Waals surface area contributed by atoms with Gasteiger partial charge in [-0.1, -0.05) is 12.1 Å². The van der Waals surface area contributed by atoms with Crippen molar-refractivity contribution in [1.29, 1.82) is 0 Å². The number of carbonyl (C=O) groups excluding carboxylic acids is 1. The van der Waals surface area contributed by atoms with Crippen molar-refractivity contribution in [3.63, 3.8) is 0 Å². The van der Waals surface area contributed by atoms with E-state index in [1.807, 2.05) is 5.43 Å². The minimum Gasteiger partial charge on any atom is -0.466 e. The Morgan fingerprint density at radius 3 is 2.64 bits per heavy atom. The molecule has 0 heterocycles. The number of benzene rings is 1. The van der Waals surface area contributed by atoms with Gasteiger partial charge in [-0.05, 0) is 24.6 Å². The van der Waals surface area contributed by atoms with Crippen LogP contribution in [0.5, 0.6) is 0 Å². The molecule has 6 nitrogen and oxygen atoms in total. The molecule has 0 bridgehead atoms. The Bertz CT molecular complexity index is 534. The summed E-state index contributed by atoms with van der Waals surface area (Å²) in [5.41, 5.74) is 2.72. The zero-order valence-corrected chi connectivity index (χ0v) is 12.9. The van der Waals surface area contributed by atoms with E-state index < -0.39 is 6.09 Å². The van der Waals surface area contributed by atoms with Crippen LogP contribution in [0.2, 0.25) is 0 Å². The Morgan fingerprint density at radius 1 is 1.36 bits per heavy atom. The van der Waals surface area contributed by atoms with Crippen LogP contribution in [0.25, 0.3) is 0 Å². The maximum absolute atomic E-state index is 12.9. The number of carboxylic acid groups (broad SMARTS) is 1. The number of rotatable bonds is 7. The molecule has 0 spiro atoms. The molecule has 1 aromatic rings. The van der Waals surface area contributed by atoms with Crippen molar-refractivity contribution >= 4 is 28.9 Å². The predicted molar refractivity (Wildman–Crippen MR) is 82.4 cm³/mol. The Balaban J connectivity index is 2.59. The fraction of sp³-hybridized carbons (Fsp3) is 0.357. The number of ether oxygens (including phenoxy) is 1. The Hall–Kier alpha value is -2.09. The van der Waals surface area contributed by atoms with Crippen LogP contribution in [-0.2, 0) is 16.0 Å². The van der Waals surface area contributed by atoms with Crippen molar-refractivity contribution in [2.75, 3.05) is 12.4 Å². The second kappa shape index (κ2) is 9.78. The largest absolute Gasteiger partial charge is 0.466 e. The molecule has 1 amide bonds. The standard InChI is InChI=1S/C14H17FN2O4S/c1-2-21-13(18)7-8-22-12(16-17-14(19)20)9-10-3-5-11(15)6-4-10/h3-6,17H,2,7-9H2,1H3,(H,19,20)/b16-12-. The fourth-order valence-corrected chi connectivity index (χ4v) is 2.38. The average Bonchev–Trinajstić information content (AvgIpc) is 2.47. The topological polar surface area (TPSA) is 88.0 Å². The van der Waals surface area contributed by atoms with Gasteiger partial charge in [0.2, 0.25) is 0 Å². The van der Waals surface area contributed by atoms with E-state index in [0.29, 0.717) is 23.8 Å². The zero-order valence-electron chi connectivity index (χ0n) is 12.0. The molecule has 1 rings (SSSR count). The van der Waals surface area contributed by atoms with Crippen molar-refractivity contribution in [3.05, 3.63) is 35.6 Å². The van der Waals surface area contributed by atoms with E-state index in [9.17, 15) is 14.0 Å². The minimum atomic E-state index is -1.28. The molecule has 120 valence electrons. The number of nitrogens with zero attached hydrogens (tertiary/aromatic N) is 1. The van der Waals surface area contributed by atoms with Gasteiger partial charge in [0.25, 0.3) is 0 Å². The number of esters is 1. The van der Waals surface area contributed by atoms with Gasteiger partial charge in [0, 0.05) is 12.2 Å². The number of halogens is 1. The van der Waals surface area contributed by atoms with Crippen molar-refractivity contribution in [3.8, 4) is 0 Å². The number of thioether (sulfide) groups is 1. The molecule has 22 heavy (non-hydrogen) atoms. The molecule has 0 aliphatic rings. The van der Waals surface area contributed by atoms with E-state index >= 15 is 0 Å². The van der Waals surface area contributed by atoms with Crippen LogP contribution in [0.4, 0.5) is 9.18 Å². The summed E-state index contributed by atoms with van der Waals surface area (Å²) in [6, 6.07) is 5.83. The second-order valence-corrected chi connectivity index (χ2v) is 5.30. The number of amides is 1. The van der Waals surface area contributed by atoms with Crippen LogP contribution in [0, 0.1) is 5.82 Å². The number of hydrazone groups is 1. The lowest BCUT2D eigenvalue weighted by Gasteiger charge is -2.06. The lowest BCUT2D eigenvalue weighted by atomic mass is 10.2. The molecule has 0 unspecified atom stereocenters. The van der Waals surface area contributed by atoms with E-state index in [4.69, 9.17) is 9.84 Å². The molecule has 0 saturated heterocycles. The minimum absolute atomic E-state index is 0.202. The maximum Gasteiger partial charge on any atom is 0.425 e. The summed E-state index contributed by atoms with van der Waals surface area (Å²) in [7, 11) is 0. The Kier molecular flexibility index (Phi) is 7.98. The van der Waals surface area contributed by atoms with Crippen molar-refractivity contribution < 1.29 is 23.8 Å². The van der Waals surface area contributed by atoms with E-state index in [1.54, 1.807) is 19.1 Å². The van der Waals surface area contributed by atoms with E-state index in [-0.39, 0.29) is 18.2 Å². The van der Waals surface area contributed by atoms with Gasteiger partial charge >= 0.3 is 12.1 Å². The van der Waals surface area contributed by atoms with Gasteiger partial charge < -0.3 is 9.84 Å². The van der Waals surface area contributed by atoms with Gasteiger partial charge in [-0.2, -0.15) is 5.10 Å². The molecular formula is C14H17FN2O4S. The first-order valence-electron chi connectivity index (χ1n) is 6.59. The summed E-state index contributed by atoms with van der Waals surface area (Å²) in [5, 5.41) is 12.8. The van der Waals surface area contributed by atoms with Gasteiger partial charge in [0.1, 0.15) is 5.82 Å². The van der Waals surface area contributed by atoms with E-state index in [2.05, 4.69) is 5.10 Å². The van der Waals surface area contributed by atoms with Crippen LogP contribution in [0.1, 0.15) is 18.9 Å². The molecule has 0 atom stereocenters. The number of hydrogen-bond donors (Lipinski definition) is 2. The van der Waals surface area contributed by atoms with Crippen LogP contribution in [-0.4, -0.2) is 34.6 Å². The molecule has 0 radical (unpaired) electrons. The molecular weight excluding hydrogens is 311 g/mol. The normalized spacial score (nSPS) is 11.1. The Labute approximate surface area is 131 Å². The lowest BCUT2D eigenvalue weighted by molar-refractivity contribution is -0.142. The lowest BCUT2D eigenvalue weighted by Crippen LogP contribution is -2.17. The third kappa shape index (κ3) is 7.63. The highest BCUT2D eigenvalue weighted by molar-refractivity contribution is 8.13. The third-order valence-corrected chi connectivity index (χ3v) is 3.40. The van der Waals surface area contributed by atoms with Crippen LogP contribution in [0.15, 0.2) is 29.4 Å². The molecule has 0 saturated carbocycles. The number of nitrogens with one attached hydrogen (secondary N) is 1. The predicted octanol–water partition coefficient (Wildman–Crippen LogP) is 2.64. The van der Waals surface area contributed by atoms with Crippen LogP contribution < -0.4 is 5.43 Å². The molecule has 0 aliphatic heterocycles. The summed E-state index contributed by atoms with van der Waals surface area (Å²) in [5.74, 6) is -0.247. The summed E-state index contributed by atoms with van der Waals surface area (Å²) in [6.07, 6.45) is -0.732. The molecule has 0 aliphatic carbocycles. The smallest absolute Gasteiger partial charge is 0.425 e. The summed E-state index contributed by atoms with van der Waals surface area (Å²) in [6.45, 7) is 2.05. The van der Waals surface area contributed by atoms with Crippen molar-refractivity contribution in [1.82, 2.24) is 5.43 Å². The van der Waals surface area contributed by atoms with Gasteiger partial charge in [-0.25, -0.2) is 14.6 Å². The maximum atomic E-state index is 12.9. The first kappa shape index (κ1) is 18.0. The number of carbonyl (C=O) groups is 2. The summed E-state index contributed by atoms with van der Waals surface area (Å²) in [4.78, 5) is 21.8. The first-order chi connectivity index (χ1) is 10.5. The second-order valence-electron chi connectivity index (χ2n) is 4.13. The number of hydrogen-bond acceptors (Lipinski definition) is 5. The monoisotopic (exact) mass is 328 g/mol. The third-order valence-electron chi connectivity index (χ3n) is 2.43. The van der Waals surface area contributed by atoms with E-state index in [1.165, 1.54) is 23.9 Å². The quantitative estimate of drug-likeness (QED) is 0.348. The molecule has 2 N–H and O–H groups in total. The first-order valence-corrected chi connectivity index (χ1v) is 7.58. The zero-order chi connectivity index (χ0) is 16.4. The van der Waals surface area contributed by atoms with Gasteiger partial charge in [0.05, 0.1) is 18.1 Å². The summed E-state index contributed by atoms with van der Waals surface area (Å²) < 4.78 is 17.7. The molecule has 0 fully saturated rings. The van der Waals surface area contributed by atoms with E-state index in [0.717, 1.165) is 5.56 Å². The average molecular weight is 328 g/mol. The van der Waals surface area contributed by atoms with Crippen molar-refractivity contribution in [2.24, 2.45) is 5.10 Å². The van der Waals surface area contributed by atoms with Crippen LogP contribution in [0.3, 0.4) is 0 Å². The highest BCUT2D eigenvalue weighted by atomic mass is 32.2. The SMILES string of the molecule is CCOC(=O)CCS/C(Cc1ccc(F)cc1)=N\NC(=O)O. The highest BCUT2D eigenvalue weighted by Gasteiger charge is 2.08. The fourth-order valence-electron chi connectivity index (χ4n) is 1.50. The molecule has 8 heteroatoms. The van der Waals surface area contributed by atoms with Gasteiger partial charge in [0.15, 0.2) is 0 Å². The van der Waals surface area contributed by atoms with Crippen molar-refractivity contribution in [2.45, 2.75) is 19.8 Å².